The quantitative estimate of drug-likeness (QED) is 0.631. The molecule has 120 valence electrons. The van der Waals surface area contributed by atoms with E-state index in [1.807, 2.05) is 0 Å². The van der Waals surface area contributed by atoms with Crippen molar-refractivity contribution in [2.24, 2.45) is 0 Å². The van der Waals surface area contributed by atoms with E-state index >= 15 is 0 Å². The molecule has 0 atom stereocenters. The first-order chi connectivity index (χ1) is 10.0. The van der Waals surface area contributed by atoms with Crippen molar-refractivity contribution in [2.75, 3.05) is 18.5 Å². The molecule has 1 heterocycles. The summed E-state index contributed by atoms with van der Waals surface area (Å²) in [7, 11) is 0. The van der Waals surface area contributed by atoms with E-state index in [9.17, 15) is 13.2 Å². The third-order valence-electron chi connectivity index (χ3n) is 2.98. The highest BCUT2D eigenvalue weighted by Crippen LogP contribution is 2.18. The average Bonchev–Trinajstić information content (AvgIpc) is 2.44. The van der Waals surface area contributed by atoms with Gasteiger partial charge >= 0.3 is 6.18 Å². The lowest BCUT2D eigenvalue weighted by Gasteiger charge is -2.09. The number of pyridine rings is 1. The summed E-state index contributed by atoms with van der Waals surface area (Å²) in [4.78, 5) is 3.84. The van der Waals surface area contributed by atoms with Crippen LogP contribution in [-0.2, 0) is 0 Å². The molecule has 1 aromatic rings. The molecule has 1 rings (SSSR count). The number of rotatable bonds is 10. The number of unbranched alkanes of at least 4 members (excludes halogenated alkanes) is 5. The predicted octanol–water partition coefficient (Wildman–Crippen LogP) is 4.80. The SMILES string of the molecule is CCCCCCCCNc1ccc(OCC(F)(F)F)nc1. The molecule has 0 amide bonds. The Bertz CT molecular complexity index is 380. The van der Waals surface area contributed by atoms with Crippen LogP contribution in [0.2, 0.25) is 0 Å². The van der Waals surface area contributed by atoms with Gasteiger partial charge in [-0.15, -0.1) is 0 Å². The van der Waals surface area contributed by atoms with E-state index in [2.05, 4.69) is 22.0 Å². The van der Waals surface area contributed by atoms with Gasteiger partial charge in [-0.05, 0) is 12.5 Å². The van der Waals surface area contributed by atoms with Crippen molar-refractivity contribution >= 4 is 5.69 Å². The average molecular weight is 304 g/mol. The number of hydrogen-bond acceptors (Lipinski definition) is 3. The number of aromatic nitrogens is 1. The van der Waals surface area contributed by atoms with E-state index in [4.69, 9.17) is 0 Å². The summed E-state index contributed by atoms with van der Waals surface area (Å²) in [6.45, 7) is 1.72. The lowest BCUT2D eigenvalue weighted by atomic mass is 10.1. The minimum Gasteiger partial charge on any atom is -0.468 e. The third kappa shape index (κ3) is 9.15. The summed E-state index contributed by atoms with van der Waals surface area (Å²) < 4.78 is 40.5. The fraction of sp³-hybridized carbons (Fsp3) is 0.667. The molecule has 0 saturated carbocycles. The van der Waals surface area contributed by atoms with Gasteiger partial charge in [-0.1, -0.05) is 39.0 Å². The Kier molecular flexibility index (Phi) is 7.93. The fourth-order valence-corrected chi connectivity index (χ4v) is 1.86. The molecule has 0 bridgehead atoms. The van der Waals surface area contributed by atoms with E-state index < -0.39 is 12.8 Å². The minimum atomic E-state index is -4.34. The molecule has 0 fully saturated rings. The molecule has 0 spiro atoms. The van der Waals surface area contributed by atoms with Gasteiger partial charge in [0.15, 0.2) is 6.61 Å². The number of hydrogen-bond donors (Lipinski definition) is 1. The normalized spacial score (nSPS) is 11.4. The van der Waals surface area contributed by atoms with Crippen LogP contribution in [0.15, 0.2) is 18.3 Å². The Labute approximate surface area is 123 Å². The van der Waals surface area contributed by atoms with E-state index in [-0.39, 0.29) is 5.88 Å². The first kappa shape index (κ1) is 17.6. The Morgan fingerprint density at radius 1 is 1.10 bits per heavy atom. The molecule has 0 aliphatic rings. The Morgan fingerprint density at radius 3 is 2.43 bits per heavy atom. The molecule has 0 aliphatic carbocycles. The molecule has 21 heavy (non-hydrogen) atoms. The summed E-state index contributed by atoms with van der Waals surface area (Å²) in [6.07, 6.45) is 4.48. The minimum absolute atomic E-state index is 0.0163. The van der Waals surface area contributed by atoms with Crippen molar-refractivity contribution in [3.63, 3.8) is 0 Å². The second-order valence-corrected chi connectivity index (χ2v) is 4.98. The predicted molar refractivity (Wildman–Crippen MR) is 77.7 cm³/mol. The van der Waals surface area contributed by atoms with Crippen molar-refractivity contribution in [3.8, 4) is 5.88 Å². The van der Waals surface area contributed by atoms with Gasteiger partial charge in [-0.25, -0.2) is 4.98 Å². The molecule has 0 aromatic carbocycles. The lowest BCUT2D eigenvalue weighted by Crippen LogP contribution is -2.19. The second-order valence-electron chi connectivity index (χ2n) is 4.98. The van der Waals surface area contributed by atoms with Gasteiger partial charge in [0.2, 0.25) is 5.88 Å². The van der Waals surface area contributed by atoms with Crippen LogP contribution in [0.1, 0.15) is 45.4 Å². The van der Waals surface area contributed by atoms with Gasteiger partial charge in [0, 0.05) is 12.6 Å². The molecule has 1 aromatic heterocycles. The summed E-state index contributed by atoms with van der Waals surface area (Å²) in [5.74, 6) is -0.0163. The molecule has 3 nitrogen and oxygen atoms in total. The molecule has 6 heteroatoms. The first-order valence-corrected chi connectivity index (χ1v) is 7.41. The van der Waals surface area contributed by atoms with Gasteiger partial charge in [0.1, 0.15) is 0 Å². The summed E-state index contributed by atoms with van der Waals surface area (Å²) in [5, 5.41) is 3.19. The Morgan fingerprint density at radius 2 is 1.81 bits per heavy atom. The molecule has 0 radical (unpaired) electrons. The van der Waals surface area contributed by atoms with Crippen molar-refractivity contribution in [1.29, 1.82) is 0 Å². The largest absolute Gasteiger partial charge is 0.468 e. The standard InChI is InChI=1S/C15H23F3N2O/c1-2-3-4-5-6-7-10-19-13-8-9-14(20-11-13)21-12-15(16,17)18/h8-9,11,19H,2-7,10,12H2,1H3. The van der Waals surface area contributed by atoms with Gasteiger partial charge < -0.3 is 10.1 Å². The third-order valence-corrected chi connectivity index (χ3v) is 2.98. The molecular formula is C15H23F3N2O. The van der Waals surface area contributed by atoms with Crippen LogP contribution in [0.3, 0.4) is 0 Å². The van der Waals surface area contributed by atoms with Crippen LogP contribution in [0.5, 0.6) is 5.88 Å². The van der Waals surface area contributed by atoms with Crippen molar-refractivity contribution in [2.45, 2.75) is 51.6 Å². The van der Waals surface area contributed by atoms with Crippen LogP contribution in [0, 0.1) is 0 Å². The van der Waals surface area contributed by atoms with Crippen LogP contribution in [0.25, 0.3) is 0 Å². The monoisotopic (exact) mass is 304 g/mol. The van der Waals surface area contributed by atoms with Crippen molar-refractivity contribution < 1.29 is 17.9 Å². The number of nitrogens with zero attached hydrogens (tertiary/aromatic N) is 1. The number of ether oxygens (including phenoxy) is 1. The topological polar surface area (TPSA) is 34.1 Å². The molecule has 0 unspecified atom stereocenters. The molecule has 0 saturated heterocycles. The number of alkyl halides is 3. The molecule has 1 N–H and O–H groups in total. The van der Waals surface area contributed by atoms with Gasteiger partial charge in [0.05, 0.1) is 11.9 Å². The van der Waals surface area contributed by atoms with E-state index in [1.54, 1.807) is 6.07 Å². The molecule has 0 aliphatic heterocycles. The van der Waals surface area contributed by atoms with Gasteiger partial charge in [0.25, 0.3) is 0 Å². The van der Waals surface area contributed by atoms with Crippen LogP contribution in [0.4, 0.5) is 18.9 Å². The zero-order valence-corrected chi connectivity index (χ0v) is 12.4. The zero-order valence-electron chi connectivity index (χ0n) is 12.4. The highest BCUT2D eigenvalue weighted by Gasteiger charge is 2.28. The Hall–Kier alpha value is -1.46. The zero-order chi connectivity index (χ0) is 15.6. The highest BCUT2D eigenvalue weighted by molar-refractivity contribution is 5.41. The smallest absolute Gasteiger partial charge is 0.422 e. The van der Waals surface area contributed by atoms with E-state index in [0.29, 0.717) is 0 Å². The van der Waals surface area contributed by atoms with E-state index in [0.717, 1.165) is 18.7 Å². The maximum atomic E-state index is 12.0. The highest BCUT2D eigenvalue weighted by atomic mass is 19.4. The van der Waals surface area contributed by atoms with E-state index in [1.165, 1.54) is 44.4 Å². The summed E-state index contributed by atoms with van der Waals surface area (Å²) >= 11 is 0. The second kappa shape index (κ2) is 9.47. The van der Waals surface area contributed by atoms with Crippen LogP contribution in [-0.4, -0.2) is 24.3 Å². The van der Waals surface area contributed by atoms with Crippen molar-refractivity contribution in [3.05, 3.63) is 18.3 Å². The maximum Gasteiger partial charge on any atom is 0.422 e. The number of nitrogens with one attached hydrogen (secondary N) is 1. The van der Waals surface area contributed by atoms with Crippen molar-refractivity contribution in [1.82, 2.24) is 4.98 Å². The van der Waals surface area contributed by atoms with Gasteiger partial charge in [-0.2, -0.15) is 13.2 Å². The summed E-state index contributed by atoms with van der Waals surface area (Å²) in [6, 6.07) is 3.12. The van der Waals surface area contributed by atoms with Crippen LogP contribution >= 0.6 is 0 Å². The summed E-state index contributed by atoms with van der Waals surface area (Å²) in [5.41, 5.74) is 0.794. The number of halogens is 3. The Balaban J connectivity index is 2.16. The first-order valence-electron chi connectivity index (χ1n) is 7.41. The fourth-order valence-electron chi connectivity index (χ4n) is 1.86. The maximum absolute atomic E-state index is 12.0. The molecular weight excluding hydrogens is 281 g/mol. The number of anilines is 1. The van der Waals surface area contributed by atoms with Gasteiger partial charge in [-0.3, -0.25) is 0 Å². The van der Waals surface area contributed by atoms with Crippen LogP contribution < -0.4 is 10.1 Å². The lowest BCUT2D eigenvalue weighted by molar-refractivity contribution is -0.154.